The third-order valence-corrected chi connectivity index (χ3v) is 4.68. The van der Waals surface area contributed by atoms with Crippen LogP contribution in [0, 0.1) is 5.82 Å². The third-order valence-electron chi connectivity index (χ3n) is 3.74. The molecule has 3 rings (SSSR count). The van der Waals surface area contributed by atoms with E-state index in [1.54, 1.807) is 23.5 Å². The van der Waals surface area contributed by atoms with E-state index in [-0.39, 0.29) is 11.7 Å². The Hall–Kier alpha value is -1.68. The molecule has 1 aliphatic carbocycles. The van der Waals surface area contributed by atoms with Crippen LogP contribution in [0.25, 0.3) is 0 Å². The standard InChI is InChI=1S/C17H18FNOS/c18-14-5-3-13(4-6-14)12-19(15-7-8-15)17(20)10-9-16-2-1-11-21-16/h1-6,11,15H,7-10,12H2. The number of hydrogen-bond acceptors (Lipinski definition) is 2. The van der Waals surface area contributed by atoms with E-state index in [1.165, 1.54) is 17.0 Å². The Morgan fingerprint density at radius 3 is 2.62 bits per heavy atom. The highest BCUT2D eigenvalue weighted by atomic mass is 32.1. The number of benzene rings is 1. The summed E-state index contributed by atoms with van der Waals surface area (Å²) in [7, 11) is 0. The number of carbonyl (C=O) groups is 1. The molecule has 0 N–H and O–H groups in total. The molecule has 0 aliphatic heterocycles. The highest BCUT2D eigenvalue weighted by Gasteiger charge is 2.32. The number of aryl methyl sites for hydroxylation is 1. The Morgan fingerprint density at radius 1 is 1.24 bits per heavy atom. The highest BCUT2D eigenvalue weighted by Crippen LogP contribution is 2.29. The number of halogens is 1. The van der Waals surface area contributed by atoms with Crippen LogP contribution in [0.15, 0.2) is 41.8 Å². The minimum absolute atomic E-state index is 0.204. The molecule has 0 radical (unpaired) electrons. The van der Waals surface area contributed by atoms with E-state index in [0.717, 1.165) is 24.8 Å². The summed E-state index contributed by atoms with van der Waals surface area (Å²) >= 11 is 1.69. The van der Waals surface area contributed by atoms with Gasteiger partial charge in [0.2, 0.25) is 5.91 Å². The first-order chi connectivity index (χ1) is 10.2. The molecule has 110 valence electrons. The summed E-state index contributed by atoms with van der Waals surface area (Å²) in [6.45, 7) is 0.591. The van der Waals surface area contributed by atoms with Gasteiger partial charge in [0.1, 0.15) is 5.82 Å². The quantitative estimate of drug-likeness (QED) is 0.789. The number of rotatable bonds is 6. The van der Waals surface area contributed by atoms with Crippen molar-refractivity contribution < 1.29 is 9.18 Å². The van der Waals surface area contributed by atoms with E-state index in [0.29, 0.717) is 19.0 Å². The Bertz CT molecular complexity index is 590. The van der Waals surface area contributed by atoms with E-state index in [2.05, 4.69) is 6.07 Å². The van der Waals surface area contributed by atoms with Crippen molar-refractivity contribution in [1.29, 1.82) is 0 Å². The molecule has 0 spiro atoms. The van der Waals surface area contributed by atoms with Gasteiger partial charge in [-0.2, -0.15) is 0 Å². The Labute approximate surface area is 128 Å². The van der Waals surface area contributed by atoms with Crippen molar-refractivity contribution in [3.63, 3.8) is 0 Å². The van der Waals surface area contributed by atoms with E-state index in [9.17, 15) is 9.18 Å². The summed E-state index contributed by atoms with van der Waals surface area (Å²) in [6, 6.07) is 10.9. The number of amides is 1. The van der Waals surface area contributed by atoms with Crippen LogP contribution >= 0.6 is 11.3 Å². The second-order valence-corrected chi connectivity index (χ2v) is 6.49. The number of hydrogen-bond donors (Lipinski definition) is 0. The highest BCUT2D eigenvalue weighted by molar-refractivity contribution is 7.09. The predicted octanol–water partition coefficient (Wildman–Crippen LogP) is 4.01. The molecule has 1 aromatic carbocycles. The van der Waals surface area contributed by atoms with Crippen LogP contribution in [-0.4, -0.2) is 16.8 Å². The summed E-state index contributed by atoms with van der Waals surface area (Å²) in [4.78, 5) is 15.7. The van der Waals surface area contributed by atoms with Crippen LogP contribution in [-0.2, 0) is 17.8 Å². The van der Waals surface area contributed by atoms with E-state index >= 15 is 0 Å². The fourth-order valence-electron chi connectivity index (χ4n) is 2.42. The van der Waals surface area contributed by atoms with Crippen molar-refractivity contribution in [3.8, 4) is 0 Å². The number of carbonyl (C=O) groups excluding carboxylic acids is 1. The maximum absolute atomic E-state index is 13.0. The molecular weight excluding hydrogens is 285 g/mol. The molecule has 0 unspecified atom stereocenters. The first-order valence-corrected chi connectivity index (χ1v) is 8.16. The van der Waals surface area contributed by atoms with E-state index in [1.807, 2.05) is 16.3 Å². The SMILES string of the molecule is O=C(CCc1cccs1)N(Cc1ccc(F)cc1)C1CC1. The predicted molar refractivity (Wildman–Crippen MR) is 82.6 cm³/mol. The lowest BCUT2D eigenvalue weighted by Crippen LogP contribution is -2.32. The third kappa shape index (κ3) is 3.91. The van der Waals surface area contributed by atoms with Gasteiger partial charge in [-0.05, 0) is 48.4 Å². The lowest BCUT2D eigenvalue weighted by atomic mass is 10.2. The van der Waals surface area contributed by atoms with Gasteiger partial charge in [-0.15, -0.1) is 11.3 Å². The average molecular weight is 303 g/mol. The zero-order chi connectivity index (χ0) is 14.7. The molecular formula is C17H18FNOS. The van der Waals surface area contributed by atoms with Crippen molar-refractivity contribution in [2.45, 2.75) is 38.3 Å². The maximum atomic E-state index is 13.0. The molecule has 1 aliphatic rings. The molecule has 1 aromatic heterocycles. The van der Waals surface area contributed by atoms with Crippen molar-refractivity contribution in [1.82, 2.24) is 4.90 Å². The maximum Gasteiger partial charge on any atom is 0.223 e. The minimum Gasteiger partial charge on any atom is -0.335 e. The summed E-state index contributed by atoms with van der Waals surface area (Å²) < 4.78 is 13.0. The second kappa shape index (κ2) is 6.39. The van der Waals surface area contributed by atoms with Crippen LogP contribution in [0.3, 0.4) is 0 Å². The number of nitrogens with zero attached hydrogens (tertiary/aromatic N) is 1. The summed E-state index contributed by atoms with van der Waals surface area (Å²) in [5, 5.41) is 2.04. The van der Waals surface area contributed by atoms with Gasteiger partial charge in [0.25, 0.3) is 0 Å². The zero-order valence-corrected chi connectivity index (χ0v) is 12.6. The molecule has 0 saturated heterocycles. The van der Waals surface area contributed by atoms with Crippen LogP contribution in [0.2, 0.25) is 0 Å². The van der Waals surface area contributed by atoms with Crippen molar-refractivity contribution in [3.05, 3.63) is 58.0 Å². The van der Waals surface area contributed by atoms with Crippen LogP contribution in [0.5, 0.6) is 0 Å². The molecule has 4 heteroatoms. The Kier molecular flexibility index (Phi) is 4.34. The molecule has 21 heavy (non-hydrogen) atoms. The van der Waals surface area contributed by atoms with Gasteiger partial charge >= 0.3 is 0 Å². The van der Waals surface area contributed by atoms with Gasteiger partial charge in [0.15, 0.2) is 0 Å². The smallest absolute Gasteiger partial charge is 0.223 e. The monoisotopic (exact) mass is 303 g/mol. The summed E-state index contributed by atoms with van der Waals surface area (Å²) in [5.74, 6) is -0.0315. The van der Waals surface area contributed by atoms with Crippen LogP contribution in [0.1, 0.15) is 29.7 Å². The fourth-order valence-corrected chi connectivity index (χ4v) is 3.13. The molecule has 1 saturated carbocycles. The molecule has 2 nitrogen and oxygen atoms in total. The molecule has 1 amide bonds. The van der Waals surface area contributed by atoms with Gasteiger partial charge in [-0.1, -0.05) is 18.2 Å². The molecule has 2 aromatic rings. The Balaban J connectivity index is 1.61. The minimum atomic E-state index is -0.235. The fraction of sp³-hybridized carbons (Fsp3) is 0.353. The largest absolute Gasteiger partial charge is 0.335 e. The molecule has 1 fully saturated rings. The zero-order valence-electron chi connectivity index (χ0n) is 11.8. The molecule has 0 atom stereocenters. The van der Waals surface area contributed by atoms with Crippen molar-refractivity contribution in [2.24, 2.45) is 0 Å². The van der Waals surface area contributed by atoms with Gasteiger partial charge in [0.05, 0.1) is 0 Å². The van der Waals surface area contributed by atoms with Gasteiger partial charge in [0, 0.05) is 23.9 Å². The summed E-state index contributed by atoms with van der Waals surface area (Å²) in [6.07, 6.45) is 3.54. The molecule has 0 bridgehead atoms. The topological polar surface area (TPSA) is 20.3 Å². The van der Waals surface area contributed by atoms with E-state index < -0.39 is 0 Å². The van der Waals surface area contributed by atoms with Gasteiger partial charge in [-0.25, -0.2) is 4.39 Å². The average Bonchev–Trinajstić information content (AvgIpc) is 3.19. The van der Waals surface area contributed by atoms with Gasteiger partial charge < -0.3 is 4.90 Å². The van der Waals surface area contributed by atoms with Crippen molar-refractivity contribution in [2.75, 3.05) is 0 Å². The van der Waals surface area contributed by atoms with Crippen molar-refractivity contribution >= 4 is 17.2 Å². The lowest BCUT2D eigenvalue weighted by molar-refractivity contribution is -0.132. The summed E-state index contributed by atoms with van der Waals surface area (Å²) in [5.41, 5.74) is 0.993. The van der Waals surface area contributed by atoms with E-state index in [4.69, 9.17) is 0 Å². The number of thiophene rings is 1. The first-order valence-electron chi connectivity index (χ1n) is 7.28. The Morgan fingerprint density at radius 2 is 2.00 bits per heavy atom. The van der Waals surface area contributed by atoms with Crippen LogP contribution in [0.4, 0.5) is 4.39 Å². The second-order valence-electron chi connectivity index (χ2n) is 5.46. The molecule has 1 heterocycles. The first kappa shape index (κ1) is 14.3. The lowest BCUT2D eigenvalue weighted by Gasteiger charge is -2.22. The van der Waals surface area contributed by atoms with Crippen LogP contribution < -0.4 is 0 Å². The normalized spacial score (nSPS) is 14.1. The van der Waals surface area contributed by atoms with Gasteiger partial charge in [-0.3, -0.25) is 4.79 Å².